The van der Waals surface area contributed by atoms with Crippen molar-refractivity contribution < 1.29 is 22.3 Å². The minimum Gasteiger partial charge on any atom is -0.492 e. The predicted molar refractivity (Wildman–Crippen MR) is 142 cm³/mol. The normalized spacial score (nSPS) is 15.5. The van der Waals surface area contributed by atoms with Gasteiger partial charge in [0.15, 0.2) is 0 Å². The topological polar surface area (TPSA) is 66.4 Å². The minimum atomic E-state index is -2.99. The van der Waals surface area contributed by atoms with Gasteiger partial charge >= 0.3 is 0 Å². The molecule has 1 saturated heterocycles. The van der Waals surface area contributed by atoms with Crippen LogP contribution in [0.2, 0.25) is 5.02 Å². The summed E-state index contributed by atoms with van der Waals surface area (Å²) in [7, 11) is 0. The van der Waals surface area contributed by atoms with Crippen LogP contribution < -0.4 is 10.1 Å². The van der Waals surface area contributed by atoms with Crippen molar-refractivity contribution in [3.8, 4) is 17.0 Å². The SMILES string of the molecule is Fc1ccc(Cl)cc1-c1cc(Nc2ccnc3cc(OCCN4CCN(C(F)C(F)F)CC4)ccc23)cnn1. The van der Waals surface area contributed by atoms with E-state index >= 15 is 0 Å². The maximum Gasteiger partial charge on any atom is 0.282 e. The number of rotatable bonds is 9. The fourth-order valence-electron chi connectivity index (χ4n) is 4.43. The monoisotopic (exact) mass is 560 g/mol. The standard InChI is InChI=1S/C27H25ClF4N6O/c28-17-1-4-22(29)21(13-17)25-14-18(16-34-36-25)35-23-5-6-33-24-15-19(2-3-20(23)24)39-12-11-37-7-9-38(10-8-37)27(32)26(30)31/h1-6,13-16,26-27H,7-12H2,(H,33,35,36). The van der Waals surface area contributed by atoms with Crippen LogP contribution in [0.4, 0.5) is 28.9 Å². The molecule has 0 radical (unpaired) electrons. The Bertz CT molecular complexity index is 1440. The molecule has 1 N–H and O–H groups in total. The van der Waals surface area contributed by atoms with Crippen molar-refractivity contribution in [1.29, 1.82) is 0 Å². The third-order valence-corrected chi connectivity index (χ3v) is 6.73. The lowest BCUT2D eigenvalue weighted by molar-refractivity contribution is -0.0657. The quantitative estimate of drug-likeness (QED) is 0.205. The molecule has 0 spiro atoms. The molecular formula is C27H25ClF4N6O. The van der Waals surface area contributed by atoms with Crippen molar-refractivity contribution in [3.63, 3.8) is 0 Å². The summed E-state index contributed by atoms with van der Waals surface area (Å²) in [4.78, 5) is 7.67. The number of ether oxygens (including phenoxy) is 1. The average Bonchev–Trinajstić information content (AvgIpc) is 2.94. The number of pyridine rings is 1. The average molecular weight is 561 g/mol. The molecule has 12 heteroatoms. The largest absolute Gasteiger partial charge is 0.492 e. The highest BCUT2D eigenvalue weighted by Gasteiger charge is 2.29. The van der Waals surface area contributed by atoms with Crippen molar-refractivity contribution in [3.05, 3.63) is 71.8 Å². The van der Waals surface area contributed by atoms with Gasteiger partial charge in [0.1, 0.15) is 18.2 Å². The number of anilines is 2. The molecule has 2 aromatic heterocycles. The molecule has 1 unspecified atom stereocenters. The summed E-state index contributed by atoms with van der Waals surface area (Å²) in [6, 6.07) is 13.3. The molecule has 2 aromatic carbocycles. The molecule has 39 heavy (non-hydrogen) atoms. The van der Waals surface area contributed by atoms with E-state index < -0.39 is 18.5 Å². The van der Waals surface area contributed by atoms with Crippen molar-refractivity contribution in [2.24, 2.45) is 0 Å². The van der Waals surface area contributed by atoms with E-state index in [1.54, 1.807) is 12.3 Å². The first kappa shape index (κ1) is 27.0. The van der Waals surface area contributed by atoms with Crippen molar-refractivity contribution in [2.75, 3.05) is 44.6 Å². The number of hydrogen-bond acceptors (Lipinski definition) is 7. The zero-order valence-electron chi connectivity index (χ0n) is 20.7. The highest BCUT2D eigenvalue weighted by molar-refractivity contribution is 6.30. The van der Waals surface area contributed by atoms with E-state index in [2.05, 4.69) is 25.4 Å². The molecule has 0 amide bonds. The Morgan fingerprint density at radius 2 is 1.82 bits per heavy atom. The third-order valence-electron chi connectivity index (χ3n) is 6.49. The summed E-state index contributed by atoms with van der Waals surface area (Å²) >= 11 is 6.02. The summed E-state index contributed by atoms with van der Waals surface area (Å²) in [6.45, 7) is 2.49. The molecule has 7 nitrogen and oxygen atoms in total. The van der Waals surface area contributed by atoms with E-state index in [9.17, 15) is 17.6 Å². The number of hydrogen-bond donors (Lipinski definition) is 1. The summed E-state index contributed by atoms with van der Waals surface area (Å²) in [6.07, 6.45) is -2.00. The minimum absolute atomic E-state index is 0.252. The molecule has 1 fully saturated rings. The summed E-state index contributed by atoms with van der Waals surface area (Å²) < 4.78 is 58.9. The maximum atomic E-state index is 14.3. The van der Waals surface area contributed by atoms with Gasteiger partial charge in [0.2, 0.25) is 6.30 Å². The van der Waals surface area contributed by atoms with Crippen LogP contribution in [0.5, 0.6) is 5.75 Å². The predicted octanol–water partition coefficient (Wildman–Crippen LogP) is 5.79. The second-order valence-electron chi connectivity index (χ2n) is 9.05. The smallest absolute Gasteiger partial charge is 0.282 e. The fourth-order valence-corrected chi connectivity index (χ4v) is 4.60. The Morgan fingerprint density at radius 1 is 1.00 bits per heavy atom. The fraction of sp³-hybridized carbons (Fsp3) is 0.296. The van der Waals surface area contributed by atoms with E-state index in [1.165, 1.54) is 29.3 Å². The first-order valence-corrected chi connectivity index (χ1v) is 12.7. The highest BCUT2D eigenvalue weighted by Crippen LogP contribution is 2.30. The highest BCUT2D eigenvalue weighted by atomic mass is 35.5. The lowest BCUT2D eigenvalue weighted by atomic mass is 10.1. The number of nitrogens with one attached hydrogen (secondary N) is 1. The zero-order valence-corrected chi connectivity index (χ0v) is 21.5. The van der Waals surface area contributed by atoms with Crippen LogP contribution in [0, 0.1) is 5.82 Å². The van der Waals surface area contributed by atoms with E-state index in [0.717, 1.165) is 11.1 Å². The molecule has 0 bridgehead atoms. The summed E-state index contributed by atoms with van der Waals surface area (Å²) in [5.74, 6) is 0.187. The number of benzene rings is 2. The van der Waals surface area contributed by atoms with Crippen LogP contribution in [0.3, 0.4) is 0 Å². The van der Waals surface area contributed by atoms with E-state index in [-0.39, 0.29) is 18.7 Å². The van der Waals surface area contributed by atoms with Gasteiger partial charge in [-0.05, 0) is 42.5 Å². The second-order valence-corrected chi connectivity index (χ2v) is 9.49. The van der Waals surface area contributed by atoms with Gasteiger partial charge in [-0.15, -0.1) is 0 Å². The Labute approximate surface area is 227 Å². The van der Waals surface area contributed by atoms with Crippen LogP contribution in [0.1, 0.15) is 0 Å². The lowest BCUT2D eigenvalue weighted by Crippen LogP contribution is -2.51. The van der Waals surface area contributed by atoms with Crippen molar-refractivity contribution in [2.45, 2.75) is 12.7 Å². The molecule has 5 rings (SSSR count). The molecule has 4 aromatic rings. The van der Waals surface area contributed by atoms with E-state index in [1.807, 2.05) is 24.3 Å². The van der Waals surface area contributed by atoms with Crippen LogP contribution in [0.15, 0.2) is 60.9 Å². The van der Waals surface area contributed by atoms with E-state index in [0.29, 0.717) is 53.9 Å². The van der Waals surface area contributed by atoms with Gasteiger partial charge in [-0.1, -0.05) is 11.6 Å². The molecule has 1 aliphatic rings. The Morgan fingerprint density at radius 3 is 2.62 bits per heavy atom. The molecule has 1 aliphatic heterocycles. The Kier molecular flexibility index (Phi) is 8.39. The molecule has 3 heterocycles. The van der Waals surface area contributed by atoms with Gasteiger partial charge in [-0.3, -0.25) is 14.8 Å². The van der Waals surface area contributed by atoms with E-state index in [4.69, 9.17) is 16.3 Å². The van der Waals surface area contributed by atoms with Gasteiger partial charge in [0, 0.05) is 66.6 Å². The van der Waals surface area contributed by atoms with Crippen LogP contribution >= 0.6 is 11.6 Å². The van der Waals surface area contributed by atoms with Crippen LogP contribution in [-0.2, 0) is 0 Å². The summed E-state index contributed by atoms with van der Waals surface area (Å²) in [5.41, 5.74) is 2.68. The number of piperazine rings is 1. The third kappa shape index (κ3) is 6.55. The number of halogens is 5. The first-order valence-electron chi connectivity index (χ1n) is 12.3. The number of aromatic nitrogens is 3. The summed E-state index contributed by atoms with van der Waals surface area (Å²) in [5, 5.41) is 12.6. The zero-order chi connectivity index (χ0) is 27.4. The van der Waals surface area contributed by atoms with Crippen molar-refractivity contribution >= 4 is 33.9 Å². The van der Waals surface area contributed by atoms with Crippen molar-refractivity contribution in [1.82, 2.24) is 25.0 Å². The van der Waals surface area contributed by atoms with Gasteiger partial charge in [-0.2, -0.15) is 10.2 Å². The first-order chi connectivity index (χ1) is 18.9. The molecular weight excluding hydrogens is 536 g/mol. The van der Waals surface area contributed by atoms with Gasteiger partial charge in [0.25, 0.3) is 6.43 Å². The van der Waals surface area contributed by atoms with Gasteiger partial charge in [0.05, 0.1) is 23.1 Å². The molecule has 0 aliphatic carbocycles. The van der Waals surface area contributed by atoms with Gasteiger partial charge in [-0.25, -0.2) is 17.6 Å². The second kappa shape index (κ2) is 12.1. The van der Waals surface area contributed by atoms with Crippen LogP contribution in [-0.4, -0.2) is 77.0 Å². The molecule has 0 saturated carbocycles. The number of nitrogens with zero attached hydrogens (tertiary/aromatic N) is 5. The van der Waals surface area contributed by atoms with Gasteiger partial charge < -0.3 is 10.1 Å². The number of fused-ring (bicyclic) bond motifs is 1. The lowest BCUT2D eigenvalue weighted by Gasteiger charge is -2.35. The Balaban J connectivity index is 1.21. The Hall–Kier alpha value is -3.54. The molecule has 1 atom stereocenters. The number of alkyl halides is 3. The maximum absolute atomic E-state index is 14.3. The molecule has 204 valence electrons. The van der Waals surface area contributed by atoms with Crippen LogP contribution in [0.25, 0.3) is 22.2 Å².